The van der Waals surface area contributed by atoms with Crippen molar-refractivity contribution in [2.24, 2.45) is 0 Å². The van der Waals surface area contributed by atoms with E-state index in [2.05, 4.69) is 10.3 Å². The molecule has 2 saturated heterocycles. The maximum absolute atomic E-state index is 14.8. The lowest BCUT2D eigenvalue weighted by Crippen LogP contribution is -2.42. The third-order valence-corrected chi connectivity index (χ3v) is 5.79. The van der Waals surface area contributed by atoms with E-state index in [9.17, 15) is 18.8 Å². The normalized spacial score (nSPS) is 20.7. The minimum absolute atomic E-state index is 0.0337. The molecular weight excluding hydrogens is 443 g/mol. The molecule has 0 saturated carbocycles. The molecule has 1 aromatic carbocycles. The molecule has 2 aliphatic rings. The number of rotatable bonds is 6. The van der Waals surface area contributed by atoms with E-state index in [1.807, 2.05) is 0 Å². The van der Waals surface area contributed by atoms with E-state index in [4.69, 9.17) is 9.47 Å². The summed E-state index contributed by atoms with van der Waals surface area (Å²) in [6.07, 6.45) is 6.22. The Morgan fingerprint density at radius 1 is 1.32 bits per heavy atom. The van der Waals surface area contributed by atoms with E-state index < -0.39 is 17.8 Å². The average molecular weight is 468 g/mol. The smallest absolute Gasteiger partial charge is 0.253 e. The van der Waals surface area contributed by atoms with Gasteiger partial charge < -0.3 is 24.6 Å². The predicted molar refractivity (Wildman–Crippen MR) is 122 cm³/mol. The van der Waals surface area contributed by atoms with Gasteiger partial charge in [0.2, 0.25) is 11.8 Å². The van der Waals surface area contributed by atoms with Crippen LogP contribution in [0.4, 0.5) is 15.8 Å². The first-order valence-electron chi connectivity index (χ1n) is 10.9. The van der Waals surface area contributed by atoms with Crippen LogP contribution in [0.3, 0.4) is 0 Å². The van der Waals surface area contributed by atoms with Crippen molar-refractivity contribution in [1.29, 1.82) is 0 Å². The Hall–Kier alpha value is -3.63. The third-order valence-electron chi connectivity index (χ3n) is 5.79. The summed E-state index contributed by atoms with van der Waals surface area (Å²) in [4.78, 5) is 44.7. The number of nitrogens with one attached hydrogen (secondary N) is 1. The lowest BCUT2D eigenvalue weighted by Gasteiger charge is -2.27. The maximum Gasteiger partial charge on any atom is 0.253 e. The van der Waals surface area contributed by atoms with Gasteiger partial charge >= 0.3 is 0 Å². The number of benzene rings is 1. The molecule has 3 heterocycles. The Kier molecular flexibility index (Phi) is 7.29. The van der Waals surface area contributed by atoms with Crippen molar-refractivity contribution in [1.82, 2.24) is 9.88 Å². The molecule has 1 aromatic heterocycles. The van der Waals surface area contributed by atoms with Crippen LogP contribution in [-0.4, -0.2) is 73.2 Å². The van der Waals surface area contributed by atoms with Crippen LogP contribution in [0.2, 0.25) is 0 Å². The summed E-state index contributed by atoms with van der Waals surface area (Å²) >= 11 is 0. The van der Waals surface area contributed by atoms with E-state index >= 15 is 0 Å². The Bertz CT molecular complexity index is 1090. The van der Waals surface area contributed by atoms with Gasteiger partial charge in [-0.3, -0.25) is 19.4 Å². The quantitative estimate of drug-likeness (QED) is 0.650. The lowest BCUT2D eigenvalue weighted by molar-refractivity contribution is -0.132. The standard InChI is InChI=1S/C24H25FN4O5/c1-33-18-12-21(29(14-18)22(30)7-4-16-3-2-8-26-13-16)24(32)27-20-6-5-17(11-19(20)25)28-9-10-34-15-23(28)31/h2-8,11,13,18,21H,9-10,12,14-15H2,1H3,(H,27,32)/b7-4+/t18-,21-/m1/s1. The molecule has 34 heavy (non-hydrogen) atoms. The van der Waals surface area contributed by atoms with Crippen molar-refractivity contribution in [3.8, 4) is 0 Å². The SMILES string of the molecule is CO[C@@H]1C[C@H](C(=O)Nc2ccc(N3CCOCC3=O)cc2F)N(C(=O)/C=C/c2cccnc2)C1. The first-order chi connectivity index (χ1) is 16.5. The molecule has 4 rings (SSSR count). The fourth-order valence-corrected chi connectivity index (χ4v) is 3.98. The van der Waals surface area contributed by atoms with E-state index in [-0.39, 0.29) is 43.2 Å². The van der Waals surface area contributed by atoms with E-state index in [0.29, 0.717) is 18.8 Å². The molecule has 0 spiro atoms. The van der Waals surface area contributed by atoms with E-state index in [0.717, 1.165) is 5.56 Å². The number of morpholine rings is 1. The number of carbonyl (C=O) groups is 3. The summed E-state index contributed by atoms with van der Waals surface area (Å²) < 4.78 is 25.2. The number of anilines is 2. The lowest BCUT2D eigenvalue weighted by atomic mass is 10.1. The average Bonchev–Trinajstić information content (AvgIpc) is 3.30. The topological polar surface area (TPSA) is 101 Å². The maximum atomic E-state index is 14.8. The van der Waals surface area contributed by atoms with Crippen molar-refractivity contribution >= 4 is 35.2 Å². The van der Waals surface area contributed by atoms with Crippen molar-refractivity contribution in [2.75, 3.05) is 43.6 Å². The minimum atomic E-state index is -0.823. The van der Waals surface area contributed by atoms with Gasteiger partial charge in [-0.2, -0.15) is 0 Å². The van der Waals surface area contributed by atoms with Gasteiger partial charge in [-0.1, -0.05) is 6.07 Å². The summed E-state index contributed by atoms with van der Waals surface area (Å²) in [7, 11) is 1.52. The van der Waals surface area contributed by atoms with Crippen molar-refractivity contribution in [2.45, 2.75) is 18.6 Å². The number of likely N-dealkylation sites (tertiary alicyclic amines) is 1. The monoisotopic (exact) mass is 468 g/mol. The molecule has 0 bridgehead atoms. The molecule has 10 heteroatoms. The van der Waals surface area contributed by atoms with Crippen LogP contribution in [0.25, 0.3) is 6.08 Å². The van der Waals surface area contributed by atoms with Gasteiger partial charge in [0, 0.05) is 50.8 Å². The van der Waals surface area contributed by atoms with Gasteiger partial charge in [0.05, 0.1) is 18.4 Å². The summed E-state index contributed by atoms with van der Waals surface area (Å²) in [5, 5.41) is 2.57. The number of amides is 3. The molecular formula is C24H25FN4O5. The van der Waals surface area contributed by atoms with Gasteiger partial charge in [0.25, 0.3) is 5.91 Å². The molecule has 3 amide bonds. The molecule has 2 fully saturated rings. The number of pyridine rings is 1. The number of halogens is 1. The molecule has 2 atom stereocenters. The summed E-state index contributed by atoms with van der Waals surface area (Å²) in [5.41, 5.74) is 1.11. The largest absolute Gasteiger partial charge is 0.380 e. The van der Waals surface area contributed by atoms with Crippen LogP contribution < -0.4 is 10.2 Å². The third kappa shape index (κ3) is 5.29. The van der Waals surface area contributed by atoms with Gasteiger partial charge in [0.15, 0.2) is 0 Å². The van der Waals surface area contributed by atoms with Gasteiger partial charge in [-0.25, -0.2) is 4.39 Å². The molecule has 178 valence electrons. The van der Waals surface area contributed by atoms with Gasteiger partial charge in [-0.15, -0.1) is 0 Å². The van der Waals surface area contributed by atoms with Gasteiger partial charge in [-0.05, 0) is 35.9 Å². The molecule has 2 aromatic rings. The molecule has 9 nitrogen and oxygen atoms in total. The summed E-state index contributed by atoms with van der Waals surface area (Å²) in [6.45, 7) is 0.883. The molecule has 1 N–H and O–H groups in total. The number of methoxy groups -OCH3 is 1. The minimum Gasteiger partial charge on any atom is -0.380 e. The Morgan fingerprint density at radius 3 is 2.88 bits per heavy atom. The highest BCUT2D eigenvalue weighted by Crippen LogP contribution is 2.26. The van der Waals surface area contributed by atoms with Crippen LogP contribution in [0, 0.1) is 5.82 Å². The van der Waals surface area contributed by atoms with E-state index in [1.54, 1.807) is 36.7 Å². The van der Waals surface area contributed by atoms with Crippen molar-refractivity contribution in [3.63, 3.8) is 0 Å². The fraction of sp³-hybridized carbons (Fsp3) is 0.333. The number of aromatic nitrogens is 1. The van der Waals surface area contributed by atoms with Crippen molar-refractivity contribution in [3.05, 3.63) is 60.2 Å². The first kappa shape index (κ1) is 23.5. The highest BCUT2D eigenvalue weighted by atomic mass is 19.1. The number of carbonyl (C=O) groups excluding carboxylic acids is 3. The Morgan fingerprint density at radius 2 is 2.18 bits per heavy atom. The zero-order valence-electron chi connectivity index (χ0n) is 18.6. The molecule has 0 radical (unpaired) electrons. The Labute approximate surface area is 196 Å². The fourth-order valence-electron chi connectivity index (χ4n) is 3.98. The molecule has 0 aliphatic carbocycles. The second-order valence-corrected chi connectivity index (χ2v) is 7.97. The second kappa shape index (κ2) is 10.5. The summed E-state index contributed by atoms with van der Waals surface area (Å²) in [5.74, 6) is -1.81. The summed E-state index contributed by atoms with van der Waals surface area (Å²) in [6, 6.07) is 6.91. The van der Waals surface area contributed by atoms with Crippen LogP contribution in [0.1, 0.15) is 12.0 Å². The highest BCUT2D eigenvalue weighted by molar-refractivity contribution is 6.01. The zero-order chi connectivity index (χ0) is 24.1. The number of ether oxygens (including phenoxy) is 2. The number of hydrogen-bond acceptors (Lipinski definition) is 6. The van der Waals surface area contributed by atoms with Gasteiger partial charge in [0.1, 0.15) is 18.5 Å². The molecule has 0 unspecified atom stereocenters. The first-order valence-corrected chi connectivity index (χ1v) is 10.9. The van der Waals surface area contributed by atoms with Crippen molar-refractivity contribution < 1.29 is 28.2 Å². The van der Waals surface area contributed by atoms with Crippen LogP contribution >= 0.6 is 0 Å². The zero-order valence-corrected chi connectivity index (χ0v) is 18.6. The highest BCUT2D eigenvalue weighted by Gasteiger charge is 2.39. The van der Waals surface area contributed by atoms with Crippen LogP contribution in [-0.2, 0) is 23.9 Å². The number of nitrogens with zero attached hydrogens (tertiary/aromatic N) is 3. The number of hydrogen-bond donors (Lipinski definition) is 1. The van der Waals surface area contributed by atoms with Crippen LogP contribution in [0.5, 0.6) is 0 Å². The Balaban J connectivity index is 1.46. The van der Waals surface area contributed by atoms with Crippen LogP contribution in [0.15, 0.2) is 48.8 Å². The molecule has 2 aliphatic heterocycles. The van der Waals surface area contributed by atoms with E-state index in [1.165, 1.54) is 35.1 Å². The predicted octanol–water partition coefficient (Wildman–Crippen LogP) is 1.85. The second-order valence-electron chi connectivity index (χ2n) is 7.97.